The molecular formula is C18H21Cl2N5O2. The molecule has 9 heteroatoms. The highest BCUT2D eigenvalue weighted by molar-refractivity contribution is 6.30. The summed E-state index contributed by atoms with van der Waals surface area (Å²) in [5, 5.41) is 9.39. The summed E-state index contributed by atoms with van der Waals surface area (Å²) in [7, 11) is 0. The summed E-state index contributed by atoms with van der Waals surface area (Å²) < 4.78 is 0. The minimum atomic E-state index is -0.495. The highest BCUT2D eigenvalue weighted by Gasteiger charge is 2.21. The quantitative estimate of drug-likeness (QED) is 0.680. The van der Waals surface area contributed by atoms with Crippen molar-refractivity contribution in [2.24, 2.45) is 5.92 Å². The number of carbonyl (C=O) groups is 2. The molecule has 1 saturated heterocycles. The van der Waals surface area contributed by atoms with E-state index in [0.29, 0.717) is 23.2 Å². The van der Waals surface area contributed by atoms with Crippen LogP contribution in [0.2, 0.25) is 5.02 Å². The van der Waals surface area contributed by atoms with Crippen LogP contribution >= 0.6 is 24.0 Å². The van der Waals surface area contributed by atoms with Gasteiger partial charge in [-0.1, -0.05) is 11.6 Å². The summed E-state index contributed by atoms with van der Waals surface area (Å²) in [6, 6.07) is 6.68. The van der Waals surface area contributed by atoms with Crippen molar-refractivity contribution in [3.05, 3.63) is 53.1 Å². The van der Waals surface area contributed by atoms with E-state index in [1.807, 2.05) is 0 Å². The van der Waals surface area contributed by atoms with Crippen LogP contribution in [0.25, 0.3) is 0 Å². The van der Waals surface area contributed by atoms with Gasteiger partial charge in [0, 0.05) is 29.6 Å². The molecule has 2 amide bonds. The molecule has 1 aromatic carbocycles. The molecule has 1 aromatic heterocycles. The summed E-state index contributed by atoms with van der Waals surface area (Å²) in [4.78, 5) is 33.0. The number of aromatic nitrogens is 2. The van der Waals surface area contributed by atoms with Crippen LogP contribution < -0.4 is 16.0 Å². The Hall–Kier alpha value is -2.22. The van der Waals surface area contributed by atoms with Crippen LogP contribution in [0.3, 0.4) is 0 Å². The van der Waals surface area contributed by atoms with Gasteiger partial charge in [0.2, 0.25) is 0 Å². The summed E-state index contributed by atoms with van der Waals surface area (Å²) in [5.41, 5.74) is 0.566. The molecule has 144 valence electrons. The van der Waals surface area contributed by atoms with Gasteiger partial charge >= 0.3 is 0 Å². The van der Waals surface area contributed by atoms with Gasteiger partial charge in [-0.15, -0.1) is 12.4 Å². The molecule has 27 heavy (non-hydrogen) atoms. The highest BCUT2D eigenvalue weighted by atomic mass is 35.5. The number of halogens is 2. The zero-order chi connectivity index (χ0) is 18.4. The molecule has 1 unspecified atom stereocenters. The second-order valence-corrected chi connectivity index (χ2v) is 6.55. The SMILES string of the molecule is Cl.O=C(NCCC1CCNC1)c1nccnc1C(=O)Nc1ccc(Cl)cc1. The third-order valence-corrected chi connectivity index (χ3v) is 4.48. The monoisotopic (exact) mass is 409 g/mol. The van der Waals surface area contributed by atoms with Crippen LogP contribution in [0.1, 0.15) is 33.8 Å². The fraction of sp³-hybridized carbons (Fsp3) is 0.333. The van der Waals surface area contributed by atoms with E-state index in [2.05, 4.69) is 25.9 Å². The number of benzene rings is 1. The number of rotatable bonds is 6. The number of hydrogen-bond acceptors (Lipinski definition) is 5. The van der Waals surface area contributed by atoms with Crippen LogP contribution in [0.15, 0.2) is 36.7 Å². The van der Waals surface area contributed by atoms with Crippen LogP contribution in [-0.4, -0.2) is 41.4 Å². The molecule has 1 aliphatic heterocycles. The van der Waals surface area contributed by atoms with E-state index in [-0.39, 0.29) is 23.8 Å². The fourth-order valence-corrected chi connectivity index (χ4v) is 2.95. The van der Waals surface area contributed by atoms with Crippen molar-refractivity contribution in [1.82, 2.24) is 20.6 Å². The molecule has 0 spiro atoms. The number of nitrogens with zero attached hydrogens (tertiary/aromatic N) is 2. The molecule has 0 bridgehead atoms. The maximum atomic E-state index is 12.5. The molecule has 1 atom stereocenters. The molecule has 0 aliphatic carbocycles. The molecule has 7 nitrogen and oxygen atoms in total. The Labute approximate surface area is 168 Å². The van der Waals surface area contributed by atoms with Gasteiger partial charge in [0.05, 0.1) is 0 Å². The predicted octanol–water partition coefficient (Wildman–Crippen LogP) is 2.53. The lowest BCUT2D eigenvalue weighted by atomic mass is 10.1. The highest BCUT2D eigenvalue weighted by Crippen LogP contribution is 2.15. The van der Waals surface area contributed by atoms with Gasteiger partial charge in [-0.3, -0.25) is 9.59 Å². The summed E-state index contributed by atoms with van der Waals surface area (Å²) in [5.74, 6) is -0.319. The number of carbonyl (C=O) groups excluding carboxylic acids is 2. The van der Waals surface area contributed by atoms with Gasteiger partial charge in [0.25, 0.3) is 11.8 Å². The second kappa shape index (κ2) is 10.2. The molecule has 2 aromatic rings. The fourth-order valence-electron chi connectivity index (χ4n) is 2.83. The molecular weight excluding hydrogens is 389 g/mol. The van der Waals surface area contributed by atoms with Crippen molar-refractivity contribution < 1.29 is 9.59 Å². The van der Waals surface area contributed by atoms with E-state index in [0.717, 1.165) is 25.9 Å². The van der Waals surface area contributed by atoms with E-state index >= 15 is 0 Å². The number of amides is 2. The van der Waals surface area contributed by atoms with Gasteiger partial charge in [0.15, 0.2) is 11.4 Å². The Morgan fingerprint density at radius 1 is 1.11 bits per heavy atom. The minimum Gasteiger partial charge on any atom is -0.351 e. The Morgan fingerprint density at radius 2 is 1.78 bits per heavy atom. The molecule has 0 radical (unpaired) electrons. The first kappa shape index (κ1) is 21.1. The average molecular weight is 410 g/mol. The Balaban J connectivity index is 0.00000261. The Bertz CT molecular complexity index is 780. The van der Waals surface area contributed by atoms with E-state index in [1.165, 1.54) is 12.4 Å². The van der Waals surface area contributed by atoms with E-state index < -0.39 is 11.8 Å². The van der Waals surface area contributed by atoms with Crippen LogP contribution in [0.5, 0.6) is 0 Å². The van der Waals surface area contributed by atoms with Crippen molar-refractivity contribution in [1.29, 1.82) is 0 Å². The molecule has 3 rings (SSSR count). The van der Waals surface area contributed by atoms with E-state index in [1.54, 1.807) is 24.3 Å². The molecule has 2 heterocycles. The van der Waals surface area contributed by atoms with Gasteiger partial charge in [-0.25, -0.2) is 9.97 Å². The Kier molecular flexibility index (Phi) is 7.97. The standard InChI is InChI=1S/C18H20ClN5O2.ClH/c19-13-1-3-14(4-2-13)24-18(26)16-15(21-9-10-22-16)17(25)23-8-6-12-5-7-20-11-12;/h1-4,9-10,12,20H,5-8,11H2,(H,23,25)(H,24,26);1H. The van der Waals surface area contributed by atoms with Crippen molar-refractivity contribution in [3.63, 3.8) is 0 Å². The zero-order valence-electron chi connectivity index (χ0n) is 14.6. The maximum absolute atomic E-state index is 12.5. The Morgan fingerprint density at radius 3 is 2.41 bits per heavy atom. The smallest absolute Gasteiger partial charge is 0.276 e. The van der Waals surface area contributed by atoms with Gasteiger partial charge < -0.3 is 16.0 Å². The maximum Gasteiger partial charge on any atom is 0.276 e. The topological polar surface area (TPSA) is 96.0 Å². The van der Waals surface area contributed by atoms with E-state index in [9.17, 15) is 9.59 Å². The number of hydrogen-bond donors (Lipinski definition) is 3. The van der Waals surface area contributed by atoms with Crippen LogP contribution in [0.4, 0.5) is 5.69 Å². The first-order valence-electron chi connectivity index (χ1n) is 8.50. The summed E-state index contributed by atoms with van der Waals surface area (Å²) >= 11 is 5.84. The predicted molar refractivity (Wildman–Crippen MR) is 107 cm³/mol. The van der Waals surface area contributed by atoms with Crippen molar-refractivity contribution >= 4 is 41.5 Å². The average Bonchev–Trinajstić information content (AvgIpc) is 3.17. The number of nitrogens with one attached hydrogen (secondary N) is 3. The van der Waals surface area contributed by atoms with Gasteiger partial charge in [-0.2, -0.15) is 0 Å². The van der Waals surface area contributed by atoms with Crippen LogP contribution in [0, 0.1) is 5.92 Å². The summed E-state index contributed by atoms with van der Waals surface area (Å²) in [6.45, 7) is 2.55. The number of anilines is 1. The lowest BCUT2D eigenvalue weighted by Crippen LogP contribution is -2.30. The van der Waals surface area contributed by atoms with Crippen molar-refractivity contribution in [3.8, 4) is 0 Å². The van der Waals surface area contributed by atoms with E-state index in [4.69, 9.17) is 11.6 Å². The lowest BCUT2D eigenvalue weighted by molar-refractivity contribution is 0.0931. The minimum absolute atomic E-state index is 0. The molecule has 1 fully saturated rings. The zero-order valence-corrected chi connectivity index (χ0v) is 16.1. The molecule has 0 saturated carbocycles. The first-order valence-corrected chi connectivity index (χ1v) is 8.88. The van der Waals surface area contributed by atoms with Crippen molar-refractivity contribution in [2.75, 3.05) is 25.0 Å². The van der Waals surface area contributed by atoms with Gasteiger partial charge in [-0.05, 0) is 56.1 Å². The largest absolute Gasteiger partial charge is 0.351 e. The van der Waals surface area contributed by atoms with Crippen molar-refractivity contribution in [2.45, 2.75) is 12.8 Å². The summed E-state index contributed by atoms with van der Waals surface area (Å²) in [6.07, 6.45) is 4.80. The normalized spacial score (nSPS) is 15.7. The second-order valence-electron chi connectivity index (χ2n) is 6.12. The third kappa shape index (κ3) is 5.89. The lowest BCUT2D eigenvalue weighted by Gasteiger charge is -2.11. The first-order chi connectivity index (χ1) is 12.6. The molecule has 1 aliphatic rings. The van der Waals surface area contributed by atoms with Crippen LogP contribution in [-0.2, 0) is 0 Å². The third-order valence-electron chi connectivity index (χ3n) is 4.23. The van der Waals surface area contributed by atoms with Gasteiger partial charge in [0.1, 0.15) is 0 Å². The molecule has 3 N–H and O–H groups in total.